The number of allylic oxidation sites excluding steroid dienone is 2. The Kier molecular flexibility index (Phi) is 8.37. The SMILES string of the molecule is C=N/C=C1/C=C(c2cc(NC(=O)c3cccc(C(F)(F)F)c3)ccc2C)N=C/C1=N/CNc1ccc(C)nc1C. The van der Waals surface area contributed by atoms with Gasteiger partial charge in [0, 0.05) is 34.3 Å². The van der Waals surface area contributed by atoms with Gasteiger partial charge in [0.1, 0.15) is 6.67 Å². The van der Waals surface area contributed by atoms with E-state index in [1.54, 1.807) is 30.6 Å². The second-order valence-electron chi connectivity index (χ2n) is 9.08. The number of carbonyl (C=O) groups excluding carboxylic acids is 1. The number of carbonyl (C=O) groups is 1. The fourth-order valence-corrected chi connectivity index (χ4v) is 4.04. The lowest BCUT2D eigenvalue weighted by Crippen LogP contribution is -2.14. The van der Waals surface area contributed by atoms with E-state index in [2.05, 4.69) is 37.3 Å². The van der Waals surface area contributed by atoms with Crippen molar-refractivity contribution in [1.29, 1.82) is 0 Å². The van der Waals surface area contributed by atoms with Crippen molar-refractivity contribution in [2.24, 2.45) is 15.0 Å². The number of anilines is 2. The number of halogens is 3. The first kappa shape index (κ1) is 28.2. The molecular formula is C30H27F3N6O. The Bertz CT molecular complexity index is 1580. The summed E-state index contributed by atoms with van der Waals surface area (Å²) in [6.45, 7) is 9.59. The summed E-state index contributed by atoms with van der Waals surface area (Å²) in [6, 6.07) is 13.4. The molecule has 1 aliphatic heterocycles. The Morgan fingerprint density at radius 3 is 2.60 bits per heavy atom. The molecule has 0 atom stereocenters. The van der Waals surface area contributed by atoms with E-state index in [1.807, 2.05) is 39.0 Å². The lowest BCUT2D eigenvalue weighted by Gasteiger charge is -2.15. The fourth-order valence-electron chi connectivity index (χ4n) is 4.04. The molecule has 0 aliphatic carbocycles. The number of benzene rings is 2. The molecule has 3 aromatic rings. The van der Waals surface area contributed by atoms with Gasteiger partial charge < -0.3 is 10.6 Å². The largest absolute Gasteiger partial charge is 0.416 e. The van der Waals surface area contributed by atoms with Crippen LogP contribution in [-0.2, 0) is 6.18 Å². The molecule has 1 aromatic heterocycles. The molecule has 0 bridgehead atoms. The van der Waals surface area contributed by atoms with Crippen molar-refractivity contribution in [3.63, 3.8) is 0 Å². The van der Waals surface area contributed by atoms with E-state index in [9.17, 15) is 18.0 Å². The van der Waals surface area contributed by atoms with Crippen LogP contribution in [0.3, 0.4) is 0 Å². The van der Waals surface area contributed by atoms with Crippen LogP contribution >= 0.6 is 0 Å². The first-order valence-corrected chi connectivity index (χ1v) is 12.3. The maximum absolute atomic E-state index is 13.1. The Morgan fingerprint density at radius 1 is 1.07 bits per heavy atom. The van der Waals surface area contributed by atoms with Crippen LogP contribution in [0.2, 0.25) is 0 Å². The van der Waals surface area contributed by atoms with E-state index in [0.29, 0.717) is 29.3 Å². The third kappa shape index (κ3) is 6.76. The number of pyridine rings is 1. The predicted octanol–water partition coefficient (Wildman–Crippen LogP) is 6.80. The molecular weight excluding hydrogens is 517 g/mol. The second-order valence-corrected chi connectivity index (χ2v) is 9.08. The van der Waals surface area contributed by atoms with Gasteiger partial charge in [-0.1, -0.05) is 12.1 Å². The van der Waals surface area contributed by atoms with Crippen LogP contribution in [0, 0.1) is 20.8 Å². The minimum atomic E-state index is -4.54. The van der Waals surface area contributed by atoms with E-state index < -0.39 is 17.6 Å². The highest BCUT2D eigenvalue weighted by Gasteiger charge is 2.31. The average molecular weight is 545 g/mol. The molecule has 7 nitrogen and oxygen atoms in total. The number of rotatable bonds is 7. The molecule has 204 valence electrons. The minimum absolute atomic E-state index is 0.0970. The third-order valence-electron chi connectivity index (χ3n) is 6.11. The minimum Gasteiger partial charge on any atom is -0.365 e. The van der Waals surface area contributed by atoms with E-state index >= 15 is 0 Å². The fraction of sp³-hybridized carbons (Fsp3) is 0.167. The van der Waals surface area contributed by atoms with E-state index in [-0.39, 0.29) is 5.56 Å². The van der Waals surface area contributed by atoms with Crippen molar-refractivity contribution in [1.82, 2.24) is 4.98 Å². The van der Waals surface area contributed by atoms with Crippen LogP contribution in [-0.4, -0.2) is 36.2 Å². The monoisotopic (exact) mass is 544 g/mol. The highest BCUT2D eigenvalue weighted by molar-refractivity contribution is 6.41. The molecule has 2 N–H and O–H groups in total. The van der Waals surface area contributed by atoms with Crippen LogP contribution in [0.1, 0.15) is 38.4 Å². The molecule has 2 aromatic carbocycles. The predicted molar refractivity (Wildman–Crippen MR) is 154 cm³/mol. The molecule has 0 fully saturated rings. The van der Waals surface area contributed by atoms with Gasteiger partial charge in [0.2, 0.25) is 0 Å². The quantitative estimate of drug-likeness (QED) is 0.321. The number of nitrogens with one attached hydrogen (secondary N) is 2. The highest BCUT2D eigenvalue weighted by Crippen LogP contribution is 2.30. The molecule has 0 saturated heterocycles. The first-order valence-electron chi connectivity index (χ1n) is 12.3. The van der Waals surface area contributed by atoms with Gasteiger partial charge in [0.05, 0.1) is 34.6 Å². The first-order chi connectivity index (χ1) is 19.0. The summed E-state index contributed by atoms with van der Waals surface area (Å²) in [4.78, 5) is 30.2. The van der Waals surface area contributed by atoms with Gasteiger partial charge in [-0.05, 0) is 81.6 Å². The van der Waals surface area contributed by atoms with Crippen molar-refractivity contribution in [2.75, 3.05) is 17.3 Å². The standard InChI is InChI=1S/C30H27F3N6O/c1-18-8-10-24(39-29(40)21-6-5-7-23(12-21)30(31,32)33)14-25(18)27-13-22(15-34-4)28(16-35-27)37-17-36-26-11-9-19(2)38-20(26)3/h5-16,36H,4,17H2,1-3H3,(H,39,40)/b22-15-,37-28-. The molecule has 0 unspecified atom stereocenters. The molecule has 0 radical (unpaired) electrons. The van der Waals surface area contributed by atoms with E-state index in [1.165, 1.54) is 12.1 Å². The van der Waals surface area contributed by atoms with Crippen molar-refractivity contribution in [3.05, 3.63) is 106 Å². The number of amides is 1. The number of hydrogen-bond acceptors (Lipinski definition) is 6. The Balaban J connectivity index is 1.53. The van der Waals surface area contributed by atoms with E-state index in [4.69, 9.17) is 0 Å². The second kappa shape index (κ2) is 11.9. The normalized spacial score (nSPS) is 15.2. The van der Waals surface area contributed by atoms with Gasteiger partial charge in [-0.25, -0.2) is 0 Å². The van der Waals surface area contributed by atoms with E-state index in [0.717, 1.165) is 40.3 Å². The Hall–Kier alpha value is -4.86. The Labute approximate surface area is 230 Å². The van der Waals surface area contributed by atoms with Crippen LogP contribution in [0.4, 0.5) is 24.5 Å². The van der Waals surface area contributed by atoms with Crippen LogP contribution < -0.4 is 10.6 Å². The zero-order valence-corrected chi connectivity index (χ0v) is 22.2. The van der Waals surface area contributed by atoms with Crippen molar-refractivity contribution in [3.8, 4) is 0 Å². The van der Waals surface area contributed by atoms with Crippen molar-refractivity contribution in [2.45, 2.75) is 26.9 Å². The van der Waals surface area contributed by atoms with Gasteiger partial charge >= 0.3 is 6.18 Å². The molecule has 2 heterocycles. The molecule has 0 spiro atoms. The average Bonchev–Trinajstić information content (AvgIpc) is 2.91. The van der Waals surface area contributed by atoms with Crippen molar-refractivity contribution >= 4 is 41.6 Å². The van der Waals surface area contributed by atoms with Crippen molar-refractivity contribution < 1.29 is 18.0 Å². The number of aryl methyl sites for hydroxylation is 3. The summed E-state index contributed by atoms with van der Waals surface area (Å²) in [5.41, 5.74) is 5.63. The smallest absolute Gasteiger partial charge is 0.365 e. The summed E-state index contributed by atoms with van der Waals surface area (Å²) in [6.07, 6.45) is 0.477. The summed E-state index contributed by atoms with van der Waals surface area (Å²) in [5, 5.41) is 5.92. The number of aromatic nitrogens is 1. The zero-order valence-electron chi connectivity index (χ0n) is 22.2. The zero-order chi connectivity index (χ0) is 28.9. The van der Waals surface area contributed by atoms with Gasteiger partial charge in [-0.2, -0.15) is 13.2 Å². The summed E-state index contributed by atoms with van der Waals surface area (Å²) in [7, 11) is 0. The summed E-state index contributed by atoms with van der Waals surface area (Å²) in [5.74, 6) is -0.653. The van der Waals surface area contributed by atoms with Gasteiger partial charge in [-0.15, -0.1) is 0 Å². The number of alkyl halides is 3. The molecule has 1 amide bonds. The maximum Gasteiger partial charge on any atom is 0.416 e. The van der Waals surface area contributed by atoms with Crippen LogP contribution in [0.15, 0.2) is 87.4 Å². The molecule has 40 heavy (non-hydrogen) atoms. The van der Waals surface area contributed by atoms with Crippen LogP contribution in [0.5, 0.6) is 0 Å². The molecule has 4 rings (SSSR count). The topological polar surface area (TPSA) is 91.1 Å². The Morgan fingerprint density at radius 2 is 1.88 bits per heavy atom. The number of nitrogens with zero attached hydrogens (tertiary/aromatic N) is 4. The number of aliphatic imine (C=N–C) groups is 3. The number of hydrogen-bond donors (Lipinski definition) is 2. The maximum atomic E-state index is 13.1. The summed E-state index contributed by atoms with van der Waals surface area (Å²) < 4.78 is 39.2. The molecule has 1 aliphatic rings. The van der Waals surface area contributed by atoms with Gasteiger partial charge in [0.25, 0.3) is 5.91 Å². The van der Waals surface area contributed by atoms with Gasteiger partial charge in [0.15, 0.2) is 0 Å². The third-order valence-corrected chi connectivity index (χ3v) is 6.11. The van der Waals surface area contributed by atoms with Crippen LogP contribution in [0.25, 0.3) is 5.70 Å². The molecule has 10 heteroatoms. The van der Waals surface area contributed by atoms with Gasteiger partial charge in [-0.3, -0.25) is 24.8 Å². The highest BCUT2D eigenvalue weighted by atomic mass is 19.4. The lowest BCUT2D eigenvalue weighted by atomic mass is 10.00. The summed E-state index contributed by atoms with van der Waals surface area (Å²) >= 11 is 0. The lowest BCUT2D eigenvalue weighted by molar-refractivity contribution is -0.137. The molecule has 0 saturated carbocycles.